The SMILES string of the molecule is COc1ccc2c(c1)C(c1ccc(Cl)cc1)=N[C@@H](CC(=O)NCCNC(=O)C1=CC=C3SCC([S+](C)O)=C3C1)C1NNC(C)N21. The first-order valence-corrected chi connectivity index (χ1v) is 17.7. The summed E-state index contributed by atoms with van der Waals surface area (Å²) in [5.41, 5.74) is 11.9. The minimum absolute atomic E-state index is 0.0570. The third-order valence-corrected chi connectivity index (χ3v) is 10.9. The predicted octanol–water partition coefficient (Wildman–Crippen LogP) is 3.71. The number of nitrogens with one attached hydrogen (secondary N) is 4. The number of rotatable bonds is 9. The van der Waals surface area contributed by atoms with Gasteiger partial charge in [0.15, 0.2) is 16.1 Å². The number of hydrogen-bond donors (Lipinski definition) is 5. The molecule has 0 spiro atoms. The van der Waals surface area contributed by atoms with E-state index in [1.165, 1.54) is 0 Å². The molecule has 5 N–H and O–H groups in total. The van der Waals surface area contributed by atoms with Crippen LogP contribution in [0.1, 0.15) is 30.9 Å². The summed E-state index contributed by atoms with van der Waals surface area (Å²) in [4.78, 5) is 35.7. The van der Waals surface area contributed by atoms with E-state index in [0.29, 0.717) is 29.3 Å². The summed E-state index contributed by atoms with van der Waals surface area (Å²) in [5.74, 6) is 1.14. The first kappa shape index (κ1) is 31.7. The largest absolute Gasteiger partial charge is 0.497 e. The highest BCUT2D eigenvalue weighted by Gasteiger charge is 2.41. The van der Waals surface area contributed by atoms with Gasteiger partial charge in [0.1, 0.15) is 18.2 Å². The van der Waals surface area contributed by atoms with Crippen LogP contribution in [0.25, 0.3) is 0 Å². The summed E-state index contributed by atoms with van der Waals surface area (Å²) in [6.07, 6.45) is 5.89. The number of nitrogens with zero attached hydrogens (tertiary/aromatic N) is 2. The van der Waals surface area contributed by atoms with Crippen molar-refractivity contribution in [2.75, 3.05) is 37.1 Å². The van der Waals surface area contributed by atoms with E-state index in [2.05, 4.69) is 33.3 Å². The number of hydrogen-bond acceptors (Lipinski definition) is 9. The molecule has 10 nitrogen and oxygen atoms in total. The lowest BCUT2D eigenvalue weighted by Gasteiger charge is -2.31. The van der Waals surface area contributed by atoms with Crippen molar-refractivity contribution in [3.8, 4) is 5.75 Å². The fraction of sp³-hybridized carbons (Fsp3) is 0.344. The van der Waals surface area contributed by atoms with E-state index in [9.17, 15) is 14.1 Å². The molecule has 4 atom stereocenters. The van der Waals surface area contributed by atoms with Crippen LogP contribution in [0.15, 0.2) is 80.6 Å². The van der Waals surface area contributed by atoms with Crippen LogP contribution in [0, 0.1) is 0 Å². The second-order valence-electron chi connectivity index (χ2n) is 11.1. The Bertz CT molecular complexity index is 1620. The molecule has 13 heteroatoms. The number of allylic oxidation sites excluding steroid dienone is 3. The number of carbonyl (C=O) groups is 2. The first-order valence-electron chi connectivity index (χ1n) is 14.7. The van der Waals surface area contributed by atoms with Crippen molar-refractivity contribution in [1.29, 1.82) is 0 Å². The van der Waals surface area contributed by atoms with E-state index in [-0.39, 0.29) is 37.1 Å². The Kier molecular flexibility index (Phi) is 9.60. The number of fused-ring (bicyclic) bond motifs is 4. The third kappa shape index (κ3) is 6.67. The van der Waals surface area contributed by atoms with Gasteiger partial charge in [0.2, 0.25) is 11.8 Å². The first-order chi connectivity index (χ1) is 21.7. The van der Waals surface area contributed by atoms with Crippen molar-refractivity contribution in [3.63, 3.8) is 0 Å². The molecule has 1 fully saturated rings. The summed E-state index contributed by atoms with van der Waals surface area (Å²) in [7, 11) is 1.64. The lowest BCUT2D eigenvalue weighted by atomic mass is 9.99. The topological polar surface area (TPSA) is 127 Å². The van der Waals surface area contributed by atoms with E-state index in [1.54, 1.807) is 25.1 Å². The van der Waals surface area contributed by atoms with E-state index in [4.69, 9.17) is 21.3 Å². The van der Waals surface area contributed by atoms with Gasteiger partial charge in [-0.05, 0) is 43.3 Å². The summed E-state index contributed by atoms with van der Waals surface area (Å²) in [6.45, 7) is 2.63. The van der Waals surface area contributed by atoms with Gasteiger partial charge in [-0.15, -0.1) is 11.8 Å². The van der Waals surface area contributed by atoms with E-state index in [0.717, 1.165) is 43.7 Å². The Hall–Kier alpha value is -3.26. The fourth-order valence-electron chi connectivity index (χ4n) is 5.97. The molecule has 236 valence electrons. The summed E-state index contributed by atoms with van der Waals surface area (Å²) >= 11 is 7.10. The van der Waals surface area contributed by atoms with Gasteiger partial charge in [0.25, 0.3) is 0 Å². The molecule has 2 aromatic rings. The molecule has 0 saturated carbocycles. The van der Waals surface area contributed by atoms with Gasteiger partial charge in [-0.2, -0.15) is 4.55 Å². The van der Waals surface area contributed by atoms with Crippen LogP contribution < -0.4 is 31.1 Å². The highest BCUT2D eigenvalue weighted by molar-refractivity contribution is 8.06. The van der Waals surface area contributed by atoms with Gasteiger partial charge in [0, 0.05) is 57.4 Å². The quantitative estimate of drug-likeness (QED) is 0.202. The van der Waals surface area contributed by atoms with Gasteiger partial charge in [0.05, 0.1) is 37.2 Å². The van der Waals surface area contributed by atoms with Gasteiger partial charge >= 0.3 is 0 Å². The number of thioether (sulfide) groups is 1. The Morgan fingerprint density at radius 2 is 1.93 bits per heavy atom. The maximum absolute atomic E-state index is 13.3. The molecule has 2 amide bonds. The minimum atomic E-state index is -0.805. The molecule has 3 unspecified atom stereocenters. The second kappa shape index (κ2) is 13.6. The number of anilines is 1. The van der Waals surface area contributed by atoms with Gasteiger partial charge in [-0.1, -0.05) is 29.8 Å². The third-order valence-electron chi connectivity index (χ3n) is 8.24. The zero-order chi connectivity index (χ0) is 31.7. The highest BCUT2D eigenvalue weighted by atomic mass is 35.5. The molecule has 1 aliphatic carbocycles. The minimum Gasteiger partial charge on any atom is -0.497 e. The molecular weight excluding hydrogens is 632 g/mol. The van der Waals surface area contributed by atoms with Crippen molar-refractivity contribution in [2.45, 2.75) is 38.1 Å². The zero-order valence-electron chi connectivity index (χ0n) is 25.2. The van der Waals surface area contributed by atoms with E-state index >= 15 is 0 Å². The number of benzene rings is 2. The molecule has 0 bridgehead atoms. The van der Waals surface area contributed by atoms with Crippen LogP contribution >= 0.6 is 23.4 Å². The average Bonchev–Trinajstić information content (AvgIpc) is 3.61. The Labute approximate surface area is 274 Å². The predicted molar refractivity (Wildman–Crippen MR) is 183 cm³/mol. The Morgan fingerprint density at radius 3 is 2.69 bits per heavy atom. The number of aliphatic imine (C=N–C) groups is 1. The molecule has 45 heavy (non-hydrogen) atoms. The molecule has 0 aromatic heterocycles. The van der Waals surface area contributed by atoms with Crippen LogP contribution in [0.3, 0.4) is 0 Å². The van der Waals surface area contributed by atoms with Crippen molar-refractivity contribution in [2.24, 2.45) is 4.99 Å². The number of amides is 2. The van der Waals surface area contributed by atoms with Crippen LogP contribution in [0.4, 0.5) is 5.69 Å². The molecule has 0 radical (unpaired) electrons. The lowest BCUT2D eigenvalue weighted by Crippen LogP contribution is -2.48. The average molecular weight is 668 g/mol. The fourth-order valence-corrected chi connectivity index (χ4v) is 8.56. The molecular formula is C32H36ClN6O4S2+. The smallest absolute Gasteiger partial charge is 0.247 e. The summed E-state index contributed by atoms with van der Waals surface area (Å²) in [5, 5.41) is 6.51. The summed E-state index contributed by atoms with van der Waals surface area (Å²) in [6, 6.07) is 13.0. The lowest BCUT2D eigenvalue weighted by molar-refractivity contribution is -0.122. The number of hydrazine groups is 1. The summed E-state index contributed by atoms with van der Waals surface area (Å²) < 4.78 is 15.7. The van der Waals surface area contributed by atoms with Crippen molar-refractivity contribution in [1.82, 2.24) is 21.5 Å². The number of ether oxygens (including phenoxy) is 1. The van der Waals surface area contributed by atoms with Crippen molar-refractivity contribution >= 4 is 57.8 Å². The maximum Gasteiger partial charge on any atom is 0.247 e. The van der Waals surface area contributed by atoms with E-state index < -0.39 is 17.2 Å². The van der Waals surface area contributed by atoms with Gasteiger partial charge < -0.3 is 20.3 Å². The van der Waals surface area contributed by atoms with Crippen LogP contribution in [-0.2, 0) is 20.8 Å². The van der Waals surface area contributed by atoms with Crippen LogP contribution in [-0.4, -0.2) is 72.7 Å². The zero-order valence-corrected chi connectivity index (χ0v) is 27.6. The monoisotopic (exact) mass is 667 g/mol. The molecule has 6 rings (SSSR count). The number of methoxy groups -OCH3 is 1. The van der Waals surface area contributed by atoms with Crippen molar-refractivity contribution < 1.29 is 18.9 Å². The normalized spacial score (nSPS) is 22.7. The molecule has 3 aliphatic heterocycles. The maximum atomic E-state index is 13.3. The second-order valence-corrected chi connectivity index (χ2v) is 14.0. The molecule has 3 heterocycles. The Balaban J connectivity index is 1.14. The molecule has 2 aromatic carbocycles. The highest BCUT2D eigenvalue weighted by Crippen LogP contribution is 2.43. The van der Waals surface area contributed by atoms with Crippen LogP contribution in [0.2, 0.25) is 5.02 Å². The number of carbonyl (C=O) groups excluding carboxylic acids is 2. The van der Waals surface area contributed by atoms with Gasteiger partial charge in [-0.25, -0.2) is 10.9 Å². The standard InChI is InChI=1S/C32H35ClN6O4S2/c1-18-37-38-31-25(36-30(19-4-7-21(33)8-5-19)23-15-22(43-2)9-10-26(23)39(18)31)16-29(40)34-12-13-35-32(41)20-6-11-27-24(14-20)28(17-44-27)45(3)42/h4-11,15,18,25,31,37-38,42H,12-14,16-17H2,1-3H3,(H-,34,35,40,41)/p+1/t18?,25-,31?,45?/m0/s1. The van der Waals surface area contributed by atoms with Crippen LogP contribution in [0.5, 0.6) is 5.75 Å². The van der Waals surface area contributed by atoms with Gasteiger partial charge in [-0.3, -0.25) is 14.6 Å². The molecule has 4 aliphatic rings. The van der Waals surface area contributed by atoms with E-state index in [1.807, 2.05) is 54.6 Å². The Morgan fingerprint density at radius 1 is 1.16 bits per heavy atom. The number of halogens is 1. The molecule has 1 saturated heterocycles. The van der Waals surface area contributed by atoms with Crippen molar-refractivity contribution in [3.05, 3.63) is 91.7 Å².